The first-order chi connectivity index (χ1) is 23.0. The summed E-state index contributed by atoms with van der Waals surface area (Å²) in [5.41, 5.74) is 0.635. The van der Waals surface area contributed by atoms with E-state index in [1.54, 1.807) is 35.0 Å². The number of carbonyl (C=O) groups is 3. The number of fused-ring (bicyclic) bond motifs is 1. The van der Waals surface area contributed by atoms with E-state index in [1.807, 2.05) is 42.5 Å². The van der Waals surface area contributed by atoms with E-state index in [2.05, 4.69) is 15.6 Å². The summed E-state index contributed by atoms with van der Waals surface area (Å²) < 4.78 is 6.84. The number of pyridine rings is 2. The fraction of sp³-hybridized carbons (Fsp3) is 0.395. The lowest BCUT2D eigenvalue weighted by Gasteiger charge is -2.60. The van der Waals surface area contributed by atoms with Gasteiger partial charge in [0.05, 0.1) is 12.5 Å². The van der Waals surface area contributed by atoms with E-state index in [1.165, 1.54) is 21.0 Å². The molecule has 2 heterocycles. The fourth-order valence-electron chi connectivity index (χ4n) is 8.59. The van der Waals surface area contributed by atoms with Crippen molar-refractivity contribution < 1.29 is 24.2 Å². The molecule has 2 aromatic carbocycles. The molecule has 0 aliphatic heterocycles. The summed E-state index contributed by atoms with van der Waals surface area (Å²) in [6.45, 7) is 3.02. The highest BCUT2D eigenvalue weighted by Gasteiger charge is 2.56. The van der Waals surface area contributed by atoms with Gasteiger partial charge in [-0.05, 0) is 106 Å². The molecule has 3 unspecified atom stereocenters. The minimum absolute atomic E-state index is 0.0196. The lowest BCUT2D eigenvalue weighted by molar-refractivity contribution is -0.143. The average molecular weight is 649 g/mol. The van der Waals surface area contributed by atoms with Crippen LogP contribution in [0.3, 0.4) is 0 Å². The van der Waals surface area contributed by atoms with E-state index < -0.39 is 11.6 Å². The van der Waals surface area contributed by atoms with Gasteiger partial charge in [-0.2, -0.15) is 0 Å². The molecule has 0 radical (unpaired) electrons. The van der Waals surface area contributed by atoms with Crippen molar-refractivity contribution in [2.75, 3.05) is 7.11 Å². The third-order valence-corrected chi connectivity index (χ3v) is 10.5. The van der Waals surface area contributed by atoms with Gasteiger partial charge in [0, 0.05) is 41.0 Å². The average Bonchev–Trinajstić information content (AvgIpc) is 3.07. The van der Waals surface area contributed by atoms with Crippen LogP contribution < -0.4 is 16.1 Å². The molecule has 48 heavy (non-hydrogen) atoms. The molecule has 2 amide bonds. The van der Waals surface area contributed by atoms with Crippen LogP contribution in [0.25, 0.3) is 16.7 Å². The number of esters is 1. The van der Waals surface area contributed by atoms with Gasteiger partial charge in [0.25, 0.3) is 11.8 Å². The van der Waals surface area contributed by atoms with E-state index in [-0.39, 0.29) is 58.3 Å². The highest BCUT2D eigenvalue weighted by atomic mass is 16.5. The normalized spacial score (nSPS) is 24.3. The lowest BCUT2D eigenvalue weighted by Crippen LogP contribution is -2.68. The number of nitrogens with zero attached hydrogens (tertiary/aromatic N) is 2. The summed E-state index contributed by atoms with van der Waals surface area (Å²) in [7, 11) is 1.29. The third-order valence-electron chi connectivity index (χ3n) is 10.5. The summed E-state index contributed by atoms with van der Waals surface area (Å²) >= 11 is 0. The summed E-state index contributed by atoms with van der Waals surface area (Å²) in [5, 5.41) is 17.1. The van der Waals surface area contributed by atoms with Gasteiger partial charge < -0.3 is 20.5 Å². The molecule has 4 bridgehead atoms. The third kappa shape index (κ3) is 5.68. The maximum atomic E-state index is 13.8. The zero-order valence-corrected chi connectivity index (χ0v) is 27.4. The summed E-state index contributed by atoms with van der Waals surface area (Å²) in [5.74, 6) is -0.133. The number of rotatable bonds is 8. The lowest BCUT2D eigenvalue weighted by atomic mass is 9.51. The molecule has 2 aromatic heterocycles. The zero-order chi connectivity index (χ0) is 33.8. The number of carbonyl (C=O) groups excluding carboxylic acids is 3. The van der Waals surface area contributed by atoms with Gasteiger partial charge in [-0.25, -0.2) is 9.78 Å². The van der Waals surface area contributed by atoms with Crippen molar-refractivity contribution in [1.29, 1.82) is 0 Å². The minimum Gasteiger partial charge on any atom is -0.464 e. The topological polar surface area (TPSA) is 140 Å². The fourth-order valence-corrected chi connectivity index (χ4v) is 8.59. The molecular weight excluding hydrogens is 608 g/mol. The molecule has 4 aliphatic rings. The van der Waals surface area contributed by atoms with Gasteiger partial charge in [-0.3, -0.25) is 19.0 Å². The maximum absolute atomic E-state index is 13.8. The number of ether oxygens (including phenoxy) is 1. The van der Waals surface area contributed by atoms with E-state index >= 15 is 0 Å². The van der Waals surface area contributed by atoms with Crippen LogP contribution in [0, 0.1) is 17.8 Å². The Kier molecular flexibility index (Phi) is 7.94. The van der Waals surface area contributed by atoms with Crippen molar-refractivity contribution in [2.24, 2.45) is 17.8 Å². The number of nitrogens with one attached hydrogen (secondary N) is 2. The Labute approximate surface area is 278 Å². The predicted octanol–water partition coefficient (Wildman–Crippen LogP) is 4.33. The van der Waals surface area contributed by atoms with Gasteiger partial charge in [0.1, 0.15) is 16.9 Å². The van der Waals surface area contributed by atoms with E-state index in [4.69, 9.17) is 4.74 Å². The van der Waals surface area contributed by atoms with Gasteiger partial charge in [-0.1, -0.05) is 30.3 Å². The van der Waals surface area contributed by atoms with Crippen molar-refractivity contribution in [2.45, 2.75) is 69.6 Å². The first-order valence-corrected chi connectivity index (χ1v) is 16.6. The Bertz CT molecular complexity index is 1950. The molecule has 248 valence electrons. The number of methoxy groups -OCH3 is 1. The second kappa shape index (κ2) is 12.0. The number of aliphatic hydroxyl groups is 1. The minimum atomic E-state index is -1.44. The van der Waals surface area contributed by atoms with Crippen LogP contribution in [-0.4, -0.2) is 56.7 Å². The van der Waals surface area contributed by atoms with Crippen LogP contribution in [0.5, 0.6) is 0 Å². The van der Waals surface area contributed by atoms with Gasteiger partial charge in [0.15, 0.2) is 5.43 Å². The van der Waals surface area contributed by atoms with Crippen LogP contribution >= 0.6 is 0 Å². The molecule has 10 heteroatoms. The molecule has 10 nitrogen and oxygen atoms in total. The van der Waals surface area contributed by atoms with E-state index in [9.17, 15) is 24.3 Å². The number of amides is 2. The SMILES string of the molecule is COC(=O)c1c(Cc2ccc(C(=O)NC3[C@@H]4CC5C[C@H]3CC(NC(=O)C(C)(C)O)(C5)C4)cc2)c(=O)c2cccnc2n1-c1ccccc1. The summed E-state index contributed by atoms with van der Waals surface area (Å²) in [6.07, 6.45) is 6.27. The number of hydrogen-bond donors (Lipinski definition) is 3. The largest absolute Gasteiger partial charge is 0.464 e. The van der Waals surface area contributed by atoms with Crippen molar-refractivity contribution >= 4 is 28.8 Å². The molecule has 3 N–H and O–H groups in total. The molecule has 4 aromatic rings. The number of para-hydroxylation sites is 1. The highest BCUT2D eigenvalue weighted by molar-refractivity contribution is 5.95. The Morgan fingerprint density at radius 1 is 0.979 bits per heavy atom. The van der Waals surface area contributed by atoms with Crippen molar-refractivity contribution in [3.63, 3.8) is 0 Å². The van der Waals surface area contributed by atoms with Crippen LogP contribution in [0.15, 0.2) is 77.7 Å². The van der Waals surface area contributed by atoms with Crippen LogP contribution in [0.2, 0.25) is 0 Å². The van der Waals surface area contributed by atoms with Crippen molar-refractivity contribution in [1.82, 2.24) is 20.2 Å². The predicted molar refractivity (Wildman–Crippen MR) is 180 cm³/mol. The van der Waals surface area contributed by atoms with Gasteiger partial charge >= 0.3 is 5.97 Å². The van der Waals surface area contributed by atoms with Crippen LogP contribution in [0.1, 0.15) is 77.9 Å². The van der Waals surface area contributed by atoms with Crippen LogP contribution in [0.4, 0.5) is 0 Å². The van der Waals surface area contributed by atoms with Crippen molar-refractivity contribution in [3.8, 4) is 5.69 Å². The number of aromatic nitrogens is 2. The maximum Gasteiger partial charge on any atom is 0.355 e. The van der Waals surface area contributed by atoms with E-state index in [0.717, 1.165) is 37.7 Å². The standard InChI is InChI=1S/C38H40N4O6/c1-37(2,47)36(46)41-38-19-23-16-25(20-38)30(26(17-23)21-38)40-34(44)24-13-11-22(12-14-24)18-29-31(35(45)48-3)42(27-8-5-4-6-9-27)33-28(32(29)43)10-7-15-39-33/h4-15,23,25-26,30,47H,16-21H2,1-3H3,(H,40,44)(H,41,46)/t23?,25-,26+,30?,38?. The molecule has 8 rings (SSSR count). The number of benzene rings is 2. The monoisotopic (exact) mass is 648 g/mol. The Morgan fingerprint density at radius 2 is 1.67 bits per heavy atom. The molecule has 4 fully saturated rings. The second-order valence-corrected chi connectivity index (χ2v) is 14.3. The van der Waals surface area contributed by atoms with Crippen LogP contribution in [-0.2, 0) is 16.0 Å². The van der Waals surface area contributed by atoms with Gasteiger partial charge in [-0.15, -0.1) is 0 Å². The molecule has 5 atom stereocenters. The highest BCUT2D eigenvalue weighted by Crippen LogP contribution is 2.56. The Morgan fingerprint density at radius 3 is 2.31 bits per heavy atom. The summed E-state index contributed by atoms with van der Waals surface area (Å²) in [6, 6.07) is 19.8. The Hall–Kier alpha value is -4.83. The summed E-state index contributed by atoms with van der Waals surface area (Å²) in [4.78, 5) is 57.8. The van der Waals surface area contributed by atoms with Crippen molar-refractivity contribution in [3.05, 3.63) is 106 Å². The quantitative estimate of drug-likeness (QED) is 0.242. The first-order valence-electron chi connectivity index (χ1n) is 16.6. The number of hydrogen-bond acceptors (Lipinski definition) is 7. The van der Waals surface area contributed by atoms with E-state index in [0.29, 0.717) is 28.2 Å². The second-order valence-electron chi connectivity index (χ2n) is 14.3. The Balaban J connectivity index is 1.13. The molecule has 4 aliphatic carbocycles. The first kappa shape index (κ1) is 31.8. The smallest absolute Gasteiger partial charge is 0.355 e. The molecule has 0 saturated heterocycles. The molecular formula is C38H40N4O6. The molecule has 4 saturated carbocycles. The molecule has 0 spiro atoms. The van der Waals surface area contributed by atoms with Gasteiger partial charge in [0.2, 0.25) is 0 Å². The zero-order valence-electron chi connectivity index (χ0n) is 27.4.